The quantitative estimate of drug-likeness (QED) is 0.520. The van der Waals surface area contributed by atoms with Crippen LogP contribution in [0, 0.1) is 0 Å². The van der Waals surface area contributed by atoms with Crippen LogP contribution in [0.2, 0.25) is 0 Å². The highest BCUT2D eigenvalue weighted by molar-refractivity contribution is 7.14. The lowest BCUT2D eigenvalue weighted by Crippen LogP contribution is -2.45. The summed E-state index contributed by atoms with van der Waals surface area (Å²) in [5, 5.41) is 7.60. The van der Waals surface area contributed by atoms with Gasteiger partial charge in [-0.25, -0.2) is 18.3 Å². The second-order valence-electron chi connectivity index (χ2n) is 7.72. The summed E-state index contributed by atoms with van der Waals surface area (Å²) in [5.74, 6) is -0.117. The van der Waals surface area contributed by atoms with E-state index in [-0.39, 0.29) is 24.3 Å². The van der Waals surface area contributed by atoms with E-state index in [4.69, 9.17) is 5.73 Å². The van der Waals surface area contributed by atoms with Gasteiger partial charge in [-0.1, -0.05) is 19.9 Å². The van der Waals surface area contributed by atoms with Gasteiger partial charge in [-0.15, -0.1) is 11.3 Å². The molecule has 0 saturated carbocycles. The molecule has 3 rings (SSSR count). The van der Waals surface area contributed by atoms with E-state index >= 15 is 0 Å². The Bertz CT molecular complexity index is 1000. The van der Waals surface area contributed by atoms with Crippen LogP contribution >= 0.6 is 11.3 Å². The fraction of sp³-hybridized carbons (Fsp3) is 0.476. The molecule has 0 aromatic carbocycles. The third-order valence-corrected chi connectivity index (χ3v) is 6.37. The molecule has 1 amide bonds. The van der Waals surface area contributed by atoms with Crippen molar-refractivity contribution in [1.29, 1.82) is 0 Å². The van der Waals surface area contributed by atoms with Gasteiger partial charge in [-0.05, 0) is 37.8 Å². The maximum Gasteiger partial charge on any atom is 0.280 e. The molecule has 9 heteroatoms. The van der Waals surface area contributed by atoms with Gasteiger partial charge in [0.05, 0.1) is 17.4 Å². The Morgan fingerprint density at radius 1 is 1.27 bits per heavy atom. The summed E-state index contributed by atoms with van der Waals surface area (Å²) in [5.41, 5.74) is 8.63. The van der Waals surface area contributed by atoms with E-state index in [0.717, 1.165) is 21.7 Å². The molecule has 3 heterocycles. The molecule has 30 heavy (non-hydrogen) atoms. The van der Waals surface area contributed by atoms with Gasteiger partial charge in [0.1, 0.15) is 0 Å². The zero-order valence-corrected chi connectivity index (χ0v) is 18.1. The highest BCUT2D eigenvalue weighted by Gasteiger charge is 2.24. The number of nitrogens with one attached hydrogen (secondary N) is 1. The fourth-order valence-electron chi connectivity index (χ4n) is 3.26. The Kier molecular flexibility index (Phi) is 7.14. The Hall–Kier alpha value is -2.39. The number of carbonyl (C=O) groups is 1. The number of rotatable bonds is 9. The van der Waals surface area contributed by atoms with E-state index in [0.29, 0.717) is 17.8 Å². The van der Waals surface area contributed by atoms with Crippen LogP contribution in [0.25, 0.3) is 16.8 Å². The number of pyridine rings is 1. The smallest absolute Gasteiger partial charge is 0.280 e. The van der Waals surface area contributed by atoms with E-state index in [1.54, 1.807) is 17.6 Å². The zero-order chi connectivity index (χ0) is 21.8. The second-order valence-corrected chi connectivity index (χ2v) is 8.75. The largest absolute Gasteiger partial charge is 0.346 e. The Labute approximate surface area is 178 Å². The van der Waals surface area contributed by atoms with Crippen molar-refractivity contribution in [2.45, 2.75) is 64.5 Å². The topological polar surface area (TPSA) is 85.3 Å². The third-order valence-electron chi connectivity index (χ3n) is 5.01. The van der Waals surface area contributed by atoms with Crippen LogP contribution in [-0.2, 0) is 0 Å². The number of hydrogen-bond donors (Lipinski definition) is 2. The summed E-state index contributed by atoms with van der Waals surface area (Å²) in [6, 6.07) is 5.07. The number of halogens is 2. The molecule has 2 unspecified atom stereocenters. The fourth-order valence-corrected chi connectivity index (χ4v) is 4.25. The number of nitrogens with two attached hydrogens (primary N) is 1. The average molecular weight is 436 g/mol. The van der Waals surface area contributed by atoms with E-state index in [1.807, 2.05) is 24.4 Å². The van der Waals surface area contributed by atoms with Crippen LogP contribution in [0.5, 0.6) is 0 Å². The van der Waals surface area contributed by atoms with Gasteiger partial charge in [0.2, 0.25) is 6.43 Å². The molecule has 3 aromatic heterocycles. The lowest BCUT2D eigenvalue weighted by molar-refractivity contribution is 0.0931. The number of carbonyl (C=O) groups excluding carboxylic acids is 1. The predicted octanol–water partition coefficient (Wildman–Crippen LogP) is 4.46. The van der Waals surface area contributed by atoms with Crippen molar-refractivity contribution < 1.29 is 13.6 Å². The van der Waals surface area contributed by atoms with Crippen molar-refractivity contribution in [2.75, 3.05) is 0 Å². The highest BCUT2D eigenvalue weighted by atomic mass is 32.1. The highest BCUT2D eigenvalue weighted by Crippen LogP contribution is 2.35. The average Bonchev–Trinajstić information content (AvgIpc) is 3.31. The van der Waals surface area contributed by atoms with Crippen molar-refractivity contribution in [3.63, 3.8) is 0 Å². The molecule has 0 aliphatic heterocycles. The van der Waals surface area contributed by atoms with Gasteiger partial charge in [-0.3, -0.25) is 4.79 Å². The van der Waals surface area contributed by atoms with E-state index in [1.165, 1.54) is 11.3 Å². The first kappa shape index (κ1) is 22.3. The normalized spacial score (nSPS) is 13.9. The van der Waals surface area contributed by atoms with Gasteiger partial charge in [0, 0.05) is 35.1 Å². The lowest BCUT2D eigenvalue weighted by Gasteiger charge is -2.20. The van der Waals surface area contributed by atoms with Crippen LogP contribution in [0.1, 0.15) is 60.6 Å². The molecule has 0 radical (unpaired) electrons. The minimum atomic E-state index is -2.33. The van der Waals surface area contributed by atoms with Gasteiger partial charge in [-0.2, -0.15) is 5.10 Å². The number of nitrogens with zero attached hydrogens (tertiary/aromatic N) is 3. The number of fused-ring (bicyclic) bond motifs is 1. The van der Waals surface area contributed by atoms with Crippen molar-refractivity contribution in [3.05, 3.63) is 40.5 Å². The molecule has 0 aliphatic rings. The first-order valence-corrected chi connectivity index (χ1v) is 10.9. The van der Waals surface area contributed by atoms with Crippen LogP contribution in [0.3, 0.4) is 0 Å². The molecule has 0 spiro atoms. The second kappa shape index (κ2) is 9.61. The Morgan fingerprint density at radius 2 is 2.03 bits per heavy atom. The number of hydrogen-bond acceptors (Lipinski definition) is 5. The minimum Gasteiger partial charge on any atom is -0.346 e. The summed E-state index contributed by atoms with van der Waals surface area (Å²) in [4.78, 5) is 18.4. The van der Waals surface area contributed by atoms with Crippen molar-refractivity contribution in [1.82, 2.24) is 19.9 Å². The molecule has 6 nitrogen and oxygen atoms in total. The summed E-state index contributed by atoms with van der Waals surface area (Å²) < 4.78 is 26.4. The van der Waals surface area contributed by atoms with Crippen LogP contribution in [-0.4, -0.2) is 39.0 Å². The van der Waals surface area contributed by atoms with Crippen LogP contribution in [0.4, 0.5) is 8.78 Å². The lowest BCUT2D eigenvalue weighted by atomic mass is 10.0. The Balaban J connectivity index is 1.78. The Morgan fingerprint density at radius 3 is 2.73 bits per heavy atom. The van der Waals surface area contributed by atoms with E-state index in [2.05, 4.69) is 29.2 Å². The first-order valence-electron chi connectivity index (χ1n) is 10.1. The molecule has 2 atom stereocenters. The van der Waals surface area contributed by atoms with Gasteiger partial charge in [0.25, 0.3) is 5.91 Å². The summed E-state index contributed by atoms with van der Waals surface area (Å²) >= 11 is 1.36. The molecule has 0 fully saturated rings. The number of thiazole rings is 1. The van der Waals surface area contributed by atoms with Gasteiger partial charge >= 0.3 is 0 Å². The first-order chi connectivity index (χ1) is 14.3. The van der Waals surface area contributed by atoms with Crippen molar-refractivity contribution >= 4 is 22.8 Å². The van der Waals surface area contributed by atoms with E-state index in [9.17, 15) is 13.6 Å². The summed E-state index contributed by atoms with van der Waals surface area (Å²) in [7, 11) is 0. The predicted molar refractivity (Wildman–Crippen MR) is 115 cm³/mol. The third kappa shape index (κ3) is 5.02. The van der Waals surface area contributed by atoms with E-state index < -0.39 is 12.5 Å². The number of aromatic nitrogens is 3. The molecule has 3 aromatic rings. The number of amides is 1. The maximum absolute atomic E-state index is 12.8. The van der Waals surface area contributed by atoms with Gasteiger partial charge in [0.15, 0.2) is 5.01 Å². The summed E-state index contributed by atoms with van der Waals surface area (Å²) in [6.45, 7) is 5.91. The summed E-state index contributed by atoms with van der Waals surface area (Å²) in [6.07, 6.45) is 1.87. The molecule has 0 bridgehead atoms. The molecular weight excluding hydrogens is 408 g/mol. The zero-order valence-electron chi connectivity index (χ0n) is 17.3. The van der Waals surface area contributed by atoms with Crippen LogP contribution in [0.15, 0.2) is 30.6 Å². The molecular formula is C21H27F2N5OS. The molecule has 3 N–H and O–H groups in total. The van der Waals surface area contributed by atoms with Gasteiger partial charge < -0.3 is 11.1 Å². The molecule has 0 aliphatic carbocycles. The van der Waals surface area contributed by atoms with Crippen molar-refractivity contribution in [2.24, 2.45) is 5.73 Å². The van der Waals surface area contributed by atoms with Crippen LogP contribution < -0.4 is 11.1 Å². The molecule has 0 saturated heterocycles. The standard InChI is InChI=1S/C21H27F2N5OS/c1-12(2)19-18(14-11-25-28-10-5-4-8-16(14)28)27-21(30-19)20(29)26-13(3)15(24)7-6-9-17(22)23/h4-5,8,10-13,15,17H,6-7,9,24H2,1-3H3,(H,26,29). The molecule has 162 valence electrons. The SMILES string of the molecule is CC(C)c1sc(C(=O)NC(C)C(N)CCCC(F)F)nc1-c1cnn2ccccc12. The number of alkyl halides is 2. The van der Waals surface area contributed by atoms with Crippen molar-refractivity contribution in [3.8, 4) is 11.3 Å². The monoisotopic (exact) mass is 435 g/mol. The minimum absolute atomic E-state index is 0.179. The maximum atomic E-state index is 12.8.